The van der Waals surface area contributed by atoms with Crippen molar-refractivity contribution in [1.82, 2.24) is 5.32 Å². The third-order valence-electron chi connectivity index (χ3n) is 3.40. The van der Waals surface area contributed by atoms with Crippen LogP contribution in [0.15, 0.2) is 12.1 Å². The summed E-state index contributed by atoms with van der Waals surface area (Å²) < 4.78 is 0. The molecule has 18 heavy (non-hydrogen) atoms. The van der Waals surface area contributed by atoms with Gasteiger partial charge in [-0.3, -0.25) is 10.1 Å². The largest absolute Gasteiger partial charge is 0.381 e. The van der Waals surface area contributed by atoms with E-state index >= 15 is 0 Å². The number of nitrogens with one attached hydrogen (secondary N) is 2. The third kappa shape index (κ3) is 2.79. The van der Waals surface area contributed by atoms with E-state index in [0.29, 0.717) is 11.6 Å². The zero-order valence-corrected chi connectivity index (χ0v) is 10.8. The summed E-state index contributed by atoms with van der Waals surface area (Å²) in [6, 6.07) is 3.88. The first-order chi connectivity index (χ1) is 8.58. The number of rotatable bonds is 3. The van der Waals surface area contributed by atoms with Gasteiger partial charge in [-0.1, -0.05) is 0 Å². The molecule has 1 aromatic rings. The first-order valence-electron chi connectivity index (χ1n) is 6.31. The van der Waals surface area contributed by atoms with Crippen molar-refractivity contribution in [3.8, 4) is 0 Å². The fourth-order valence-electron chi connectivity index (χ4n) is 2.39. The highest BCUT2D eigenvalue weighted by Crippen LogP contribution is 2.27. The van der Waals surface area contributed by atoms with Crippen molar-refractivity contribution in [1.29, 1.82) is 0 Å². The molecule has 0 spiro atoms. The fourth-order valence-corrected chi connectivity index (χ4v) is 2.39. The maximum absolute atomic E-state index is 10.9. The van der Waals surface area contributed by atoms with Crippen LogP contribution >= 0.6 is 0 Å². The van der Waals surface area contributed by atoms with Crippen LogP contribution in [0.25, 0.3) is 0 Å². The number of piperidine rings is 1. The molecule has 0 amide bonds. The van der Waals surface area contributed by atoms with Gasteiger partial charge in [0.05, 0.1) is 4.92 Å². The molecule has 1 aromatic carbocycles. The van der Waals surface area contributed by atoms with Crippen LogP contribution in [0.5, 0.6) is 0 Å². The minimum Gasteiger partial charge on any atom is -0.381 e. The van der Waals surface area contributed by atoms with Gasteiger partial charge in [0.1, 0.15) is 0 Å². The van der Waals surface area contributed by atoms with E-state index in [-0.39, 0.29) is 10.6 Å². The Balaban J connectivity index is 2.21. The number of nitro benzene ring substituents is 1. The Kier molecular flexibility index (Phi) is 3.81. The second-order valence-corrected chi connectivity index (χ2v) is 4.90. The summed E-state index contributed by atoms with van der Waals surface area (Å²) in [7, 11) is 0. The summed E-state index contributed by atoms with van der Waals surface area (Å²) in [5.74, 6) is 0. The highest BCUT2D eigenvalue weighted by Gasteiger charge is 2.17. The van der Waals surface area contributed by atoms with Crippen LogP contribution in [0, 0.1) is 24.0 Å². The minimum absolute atomic E-state index is 0.187. The van der Waals surface area contributed by atoms with E-state index in [9.17, 15) is 10.1 Å². The predicted molar refractivity (Wildman–Crippen MR) is 72.1 cm³/mol. The van der Waals surface area contributed by atoms with E-state index in [4.69, 9.17) is 0 Å². The van der Waals surface area contributed by atoms with E-state index in [0.717, 1.165) is 37.2 Å². The molecule has 1 aliphatic heterocycles. The molecule has 0 aliphatic carbocycles. The molecule has 1 heterocycles. The van der Waals surface area contributed by atoms with Gasteiger partial charge in [-0.15, -0.1) is 0 Å². The van der Waals surface area contributed by atoms with Crippen molar-refractivity contribution in [2.45, 2.75) is 32.7 Å². The molecule has 0 bridgehead atoms. The lowest BCUT2D eigenvalue weighted by molar-refractivity contribution is -0.385. The lowest BCUT2D eigenvalue weighted by Gasteiger charge is -2.25. The van der Waals surface area contributed by atoms with Crippen LogP contribution in [0.1, 0.15) is 24.0 Å². The topological polar surface area (TPSA) is 67.2 Å². The highest BCUT2D eigenvalue weighted by atomic mass is 16.6. The molecular formula is C13H19N3O2. The van der Waals surface area contributed by atoms with Crippen LogP contribution in [0.3, 0.4) is 0 Å². The second-order valence-electron chi connectivity index (χ2n) is 4.90. The van der Waals surface area contributed by atoms with Gasteiger partial charge in [0, 0.05) is 29.9 Å². The first-order valence-corrected chi connectivity index (χ1v) is 6.31. The molecule has 1 fully saturated rings. The van der Waals surface area contributed by atoms with E-state index in [2.05, 4.69) is 10.6 Å². The van der Waals surface area contributed by atoms with Crippen molar-refractivity contribution < 1.29 is 4.92 Å². The number of nitro groups is 1. The molecule has 1 unspecified atom stereocenters. The Hall–Kier alpha value is -1.62. The smallest absolute Gasteiger partial charge is 0.274 e. The number of nitrogens with zero attached hydrogens (tertiary/aromatic N) is 1. The predicted octanol–water partition coefficient (Wildman–Crippen LogP) is 2.38. The average molecular weight is 249 g/mol. The van der Waals surface area contributed by atoms with Gasteiger partial charge in [0.2, 0.25) is 0 Å². The summed E-state index contributed by atoms with van der Waals surface area (Å²) in [4.78, 5) is 10.6. The molecule has 2 N–H and O–H groups in total. The van der Waals surface area contributed by atoms with Gasteiger partial charge in [0.15, 0.2) is 0 Å². The zero-order chi connectivity index (χ0) is 13.1. The van der Waals surface area contributed by atoms with Crippen LogP contribution < -0.4 is 10.6 Å². The molecule has 0 radical (unpaired) electrons. The van der Waals surface area contributed by atoms with E-state index in [1.54, 1.807) is 13.0 Å². The Morgan fingerprint density at radius 3 is 2.78 bits per heavy atom. The normalized spacial score (nSPS) is 19.6. The molecule has 0 saturated carbocycles. The van der Waals surface area contributed by atoms with Gasteiger partial charge in [0.25, 0.3) is 5.69 Å². The number of benzene rings is 1. The Bertz CT molecular complexity index is 454. The number of hydrogen-bond acceptors (Lipinski definition) is 4. The monoisotopic (exact) mass is 249 g/mol. The SMILES string of the molecule is Cc1cc(C)c([N+](=O)[O-])cc1NC1CCCNC1. The lowest BCUT2D eigenvalue weighted by atomic mass is 10.0. The van der Waals surface area contributed by atoms with E-state index in [1.165, 1.54) is 0 Å². The van der Waals surface area contributed by atoms with Gasteiger partial charge < -0.3 is 10.6 Å². The van der Waals surface area contributed by atoms with Crippen molar-refractivity contribution >= 4 is 11.4 Å². The van der Waals surface area contributed by atoms with Crippen molar-refractivity contribution in [3.05, 3.63) is 33.4 Å². The van der Waals surface area contributed by atoms with Crippen LogP contribution in [0.2, 0.25) is 0 Å². The van der Waals surface area contributed by atoms with Crippen molar-refractivity contribution in [3.63, 3.8) is 0 Å². The quantitative estimate of drug-likeness (QED) is 0.637. The van der Waals surface area contributed by atoms with Gasteiger partial charge in [-0.25, -0.2) is 0 Å². The summed E-state index contributed by atoms with van der Waals surface area (Å²) in [6.45, 7) is 5.73. The van der Waals surface area contributed by atoms with E-state index in [1.807, 2.05) is 13.0 Å². The maximum atomic E-state index is 10.9. The standard InChI is InChI=1S/C13H19N3O2/c1-9-6-10(2)13(16(17)18)7-12(9)15-11-4-3-5-14-8-11/h6-7,11,14-15H,3-5,8H2,1-2H3. The number of aryl methyl sites for hydroxylation is 2. The zero-order valence-electron chi connectivity index (χ0n) is 10.8. The Labute approximate surface area is 107 Å². The van der Waals surface area contributed by atoms with Gasteiger partial charge in [-0.05, 0) is 44.9 Å². The second kappa shape index (κ2) is 5.35. The Morgan fingerprint density at radius 1 is 1.39 bits per heavy atom. The molecule has 98 valence electrons. The molecule has 2 rings (SSSR count). The molecule has 0 aromatic heterocycles. The van der Waals surface area contributed by atoms with Crippen molar-refractivity contribution in [2.75, 3.05) is 18.4 Å². The third-order valence-corrected chi connectivity index (χ3v) is 3.40. The minimum atomic E-state index is -0.320. The highest BCUT2D eigenvalue weighted by molar-refractivity contribution is 5.60. The molecular weight excluding hydrogens is 230 g/mol. The average Bonchev–Trinajstić information content (AvgIpc) is 2.33. The molecule has 5 nitrogen and oxygen atoms in total. The summed E-state index contributed by atoms with van der Waals surface area (Å²) in [5.41, 5.74) is 2.83. The van der Waals surface area contributed by atoms with Crippen molar-refractivity contribution in [2.24, 2.45) is 0 Å². The maximum Gasteiger partial charge on any atom is 0.274 e. The lowest BCUT2D eigenvalue weighted by Crippen LogP contribution is -2.38. The van der Waals surface area contributed by atoms with Crippen LogP contribution in [0.4, 0.5) is 11.4 Å². The molecule has 1 saturated heterocycles. The molecule has 5 heteroatoms. The summed E-state index contributed by atoms with van der Waals surface area (Å²) in [5, 5.41) is 17.7. The molecule has 1 aliphatic rings. The fraction of sp³-hybridized carbons (Fsp3) is 0.538. The van der Waals surface area contributed by atoms with Gasteiger partial charge in [-0.2, -0.15) is 0 Å². The Morgan fingerprint density at radius 2 is 2.17 bits per heavy atom. The van der Waals surface area contributed by atoms with Crippen LogP contribution in [-0.2, 0) is 0 Å². The van der Waals surface area contributed by atoms with Gasteiger partial charge >= 0.3 is 0 Å². The van der Waals surface area contributed by atoms with E-state index < -0.39 is 0 Å². The summed E-state index contributed by atoms with van der Waals surface area (Å²) in [6.07, 6.45) is 2.25. The first kappa shape index (κ1) is 12.8. The van der Waals surface area contributed by atoms with Crippen LogP contribution in [-0.4, -0.2) is 24.1 Å². The number of anilines is 1. The number of hydrogen-bond donors (Lipinski definition) is 2. The summed E-state index contributed by atoms with van der Waals surface area (Å²) >= 11 is 0. The molecule has 1 atom stereocenters.